The first kappa shape index (κ1) is 13.3. The third-order valence-corrected chi connectivity index (χ3v) is 3.55. The number of carbonyl (C=O) groups is 1. The SMILES string of the molecule is CCCCCCc1ccc(SC)c(C=O)c1. The van der Waals surface area contributed by atoms with Crippen molar-refractivity contribution in [2.45, 2.75) is 43.9 Å². The Hall–Kier alpha value is -0.760. The molecule has 88 valence electrons. The molecule has 1 rings (SSSR count). The number of carbonyl (C=O) groups excluding carboxylic acids is 1. The molecule has 0 atom stereocenters. The first-order valence-corrected chi connectivity index (χ1v) is 7.16. The van der Waals surface area contributed by atoms with Gasteiger partial charge in [0.25, 0.3) is 0 Å². The van der Waals surface area contributed by atoms with Crippen LogP contribution in [0.2, 0.25) is 0 Å². The normalized spacial score (nSPS) is 10.4. The smallest absolute Gasteiger partial charge is 0.151 e. The summed E-state index contributed by atoms with van der Waals surface area (Å²) in [5.74, 6) is 0. The summed E-state index contributed by atoms with van der Waals surface area (Å²) in [5, 5.41) is 0. The maximum atomic E-state index is 10.9. The molecule has 0 aliphatic carbocycles. The summed E-state index contributed by atoms with van der Waals surface area (Å²) < 4.78 is 0. The molecule has 1 nitrogen and oxygen atoms in total. The molecule has 0 radical (unpaired) electrons. The predicted octanol–water partition coefficient (Wildman–Crippen LogP) is 4.34. The van der Waals surface area contributed by atoms with Crippen molar-refractivity contribution >= 4 is 18.0 Å². The molecule has 2 heteroatoms. The lowest BCUT2D eigenvalue weighted by Gasteiger charge is -2.05. The van der Waals surface area contributed by atoms with E-state index in [-0.39, 0.29) is 0 Å². The van der Waals surface area contributed by atoms with Gasteiger partial charge in [0.2, 0.25) is 0 Å². The maximum absolute atomic E-state index is 10.9. The van der Waals surface area contributed by atoms with Crippen molar-refractivity contribution in [2.24, 2.45) is 0 Å². The molecule has 1 aromatic carbocycles. The van der Waals surface area contributed by atoms with Gasteiger partial charge >= 0.3 is 0 Å². The van der Waals surface area contributed by atoms with Crippen molar-refractivity contribution in [1.29, 1.82) is 0 Å². The van der Waals surface area contributed by atoms with Crippen LogP contribution in [0, 0.1) is 0 Å². The van der Waals surface area contributed by atoms with Crippen LogP contribution in [0.5, 0.6) is 0 Å². The highest BCUT2D eigenvalue weighted by atomic mass is 32.2. The predicted molar refractivity (Wildman–Crippen MR) is 71.5 cm³/mol. The monoisotopic (exact) mass is 236 g/mol. The Morgan fingerprint density at radius 2 is 2.06 bits per heavy atom. The summed E-state index contributed by atoms with van der Waals surface area (Å²) in [5.41, 5.74) is 2.12. The fourth-order valence-electron chi connectivity index (χ4n) is 1.79. The highest BCUT2D eigenvalue weighted by Crippen LogP contribution is 2.21. The molecule has 0 bridgehead atoms. The van der Waals surface area contributed by atoms with Gasteiger partial charge in [0.15, 0.2) is 6.29 Å². The lowest BCUT2D eigenvalue weighted by molar-refractivity contribution is 0.112. The first-order valence-electron chi connectivity index (χ1n) is 5.94. The number of aldehydes is 1. The van der Waals surface area contributed by atoms with E-state index in [1.807, 2.05) is 12.3 Å². The third kappa shape index (κ3) is 4.01. The molecule has 0 amide bonds. The average molecular weight is 236 g/mol. The number of hydrogen-bond donors (Lipinski definition) is 0. The summed E-state index contributed by atoms with van der Waals surface area (Å²) in [6.07, 6.45) is 9.15. The Labute approximate surface area is 103 Å². The van der Waals surface area contributed by atoms with Crippen LogP contribution in [-0.2, 0) is 6.42 Å². The van der Waals surface area contributed by atoms with Gasteiger partial charge in [-0.05, 0) is 36.8 Å². The van der Waals surface area contributed by atoms with Gasteiger partial charge in [-0.25, -0.2) is 0 Å². The maximum Gasteiger partial charge on any atom is 0.151 e. The Kier molecular flexibility index (Phi) is 6.24. The molecule has 16 heavy (non-hydrogen) atoms. The fraction of sp³-hybridized carbons (Fsp3) is 0.500. The van der Waals surface area contributed by atoms with E-state index in [0.29, 0.717) is 0 Å². The number of aryl methyl sites for hydroxylation is 1. The van der Waals surface area contributed by atoms with E-state index in [2.05, 4.69) is 19.1 Å². The van der Waals surface area contributed by atoms with Crippen molar-refractivity contribution < 1.29 is 4.79 Å². The van der Waals surface area contributed by atoms with Gasteiger partial charge in [0, 0.05) is 10.5 Å². The summed E-state index contributed by atoms with van der Waals surface area (Å²) in [7, 11) is 0. The lowest BCUT2D eigenvalue weighted by atomic mass is 10.0. The highest BCUT2D eigenvalue weighted by molar-refractivity contribution is 7.98. The van der Waals surface area contributed by atoms with Crippen LogP contribution in [0.4, 0.5) is 0 Å². The van der Waals surface area contributed by atoms with E-state index in [1.165, 1.54) is 31.2 Å². The van der Waals surface area contributed by atoms with E-state index in [9.17, 15) is 4.79 Å². The van der Waals surface area contributed by atoms with Crippen molar-refractivity contribution in [2.75, 3.05) is 6.26 Å². The molecule has 0 spiro atoms. The van der Waals surface area contributed by atoms with Crippen LogP contribution in [0.25, 0.3) is 0 Å². The van der Waals surface area contributed by atoms with E-state index < -0.39 is 0 Å². The Morgan fingerprint density at radius 3 is 2.69 bits per heavy atom. The topological polar surface area (TPSA) is 17.1 Å². The van der Waals surface area contributed by atoms with Crippen LogP contribution in [0.1, 0.15) is 48.5 Å². The quantitative estimate of drug-likeness (QED) is 0.398. The van der Waals surface area contributed by atoms with Crippen LogP contribution in [0.3, 0.4) is 0 Å². The summed E-state index contributed by atoms with van der Waals surface area (Å²) >= 11 is 1.63. The van der Waals surface area contributed by atoms with Crippen molar-refractivity contribution in [3.05, 3.63) is 29.3 Å². The van der Waals surface area contributed by atoms with Gasteiger partial charge in [-0.1, -0.05) is 32.3 Å². The number of hydrogen-bond acceptors (Lipinski definition) is 2. The van der Waals surface area contributed by atoms with Crippen LogP contribution in [-0.4, -0.2) is 12.5 Å². The minimum atomic E-state index is 0.834. The Morgan fingerprint density at radius 1 is 1.25 bits per heavy atom. The van der Waals surface area contributed by atoms with E-state index in [4.69, 9.17) is 0 Å². The second kappa shape index (κ2) is 7.50. The second-order valence-corrected chi connectivity index (χ2v) is 4.85. The molecule has 0 fully saturated rings. The molecule has 0 saturated carbocycles. The molecule has 0 unspecified atom stereocenters. The largest absolute Gasteiger partial charge is 0.298 e. The van der Waals surface area contributed by atoms with Crippen LogP contribution in [0.15, 0.2) is 23.1 Å². The summed E-state index contributed by atoms with van der Waals surface area (Å²) in [4.78, 5) is 12.0. The van der Waals surface area contributed by atoms with Gasteiger partial charge in [-0.3, -0.25) is 4.79 Å². The molecule has 0 aromatic heterocycles. The fourth-order valence-corrected chi connectivity index (χ4v) is 2.33. The zero-order valence-corrected chi connectivity index (χ0v) is 11.0. The molecule has 1 aromatic rings. The van der Waals surface area contributed by atoms with Gasteiger partial charge < -0.3 is 0 Å². The standard InChI is InChI=1S/C14H20OS/c1-3-4-5-6-7-12-8-9-14(16-2)13(10-12)11-15/h8-11H,3-7H2,1-2H3. The lowest BCUT2D eigenvalue weighted by Crippen LogP contribution is -1.91. The van der Waals surface area contributed by atoms with Gasteiger partial charge in [0.05, 0.1) is 0 Å². The van der Waals surface area contributed by atoms with Crippen molar-refractivity contribution in [3.8, 4) is 0 Å². The third-order valence-electron chi connectivity index (χ3n) is 2.74. The first-order chi connectivity index (χ1) is 7.81. The molecule has 0 N–H and O–H groups in total. The van der Waals surface area contributed by atoms with E-state index >= 15 is 0 Å². The van der Waals surface area contributed by atoms with Gasteiger partial charge in [0.1, 0.15) is 0 Å². The molecular weight excluding hydrogens is 216 g/mol. The molecule has 0 aliphatic heterocycles. The van der Waals surface area contributed by atoms with E-state index in [1.54, 1.807) is 11.8 Å². The highest BCUT2D eigenvalue weighted by Gasteiger charge is 2.02. The number of rotatable bonds is 7. The average Bonchev–Trinajstić information content (AvgIpc) is 2.34. The van der Waals surface area contributed by atoms with Crippen molar-refractivity contribution in [1.82, 2.24) is 0 Å². The summed E-state index contributed by atoms with van der Waals surface area (Å²) in [6.45, 7) is 2.22. The number of benzene rings is 1. The zero-order chi connectivity index (χ0) is 11.8. The van der Waals surface area contributed by atoms with Gasteiger partial charge in [-0.2, -0.15) is 0 Å². The Balaban J connectivity index is 2.57. The minimum absolute atomic E-state index is 0.834. The second-order valence-electron chi connectivity index (χ2n) is 4.00. The molecular formula is C14H20OS. The van der Waals surface area contributed by atoms with E-state index in [0.717, 1.165) is 23.2 Å². The molecule has 0 aliphatic rings. The number of thioether (sulfide) groups is 1. The zero-order valence-electron chi connectivity index (χ0n) is 10.2. The van der Waals surface area contributed by atoms with Crippen molar-refractivity contribution in [3.63, 3.8) is 0 Å². The summed E-state index contributed by atoms with van der Waals surface area (Å²) in [6, 6.07) is 6.24. The van der Waals surface area contributed by atoms with Crippen LogP contribution < -0.4 is 0 Å². The number of unbranched alkanes of at least 4 members (excludes halogenated alkanes) is 3. The minimum Gasteiger partial charge on any atom is -0.298 e. The Bertz CT molecular complexity index is 334. The van der Waals surface area contributed by atoms with Crippen LogP contribution >= 0.6 is 11.8 Å². The molecule has 0 saturated heterocycles. The van der Waals surface area contributed by atoms with Gasteiger partial charge in [-0.15, -0.1) is 11.8 Å². The molecule has 0 heterocycles.